The molecule has 0 spiro atoms. The first-order valence-corrected chi connectivity index (χ1v) is 10.2. The average molecular weight is 467 g/mol. The molecule has 4 aromatic rings. The van der Waals surface area contributed by atoms with Crippen molar-refractivity contribution in [3.63, 3.8) is 0 Å². The SMILES string of the molecule is O=C1c2oc3ccc(Cl)cc3c(=O)c2C(c2ccc([N+](=O)[O-])cc2)N1c1cccc(Cl)c1. The molecule has 1 aromatic heterocycles. The van der Waals surface area contributed by atoms with Crippen molar-refractivity contribution >= 4 is 51.5 Å². The Morgan fingerprint density at radius 1 is 0.938 bits per heavy atom. The Morgan fingerprint density at radius 3 is 2.34 bits per heavy atom. The number of carbonyl (C=O) groups is 1. The van der Waals surface area contributed by atoms with Crippen LogP contribution in [0.2, 0.25) is 10.0 Å². The second kappa shape index (κ2) is 7.47. The molecule has 0 bridgehead atoms. The third kappa shape index (κ3) is 3.14. The number of amides is 1. The topological polar surface area (TPSA) is 93.7 Å². The van der Waals surface area contributed by atoms with Crippen LogP contribution in [0.15, 0.2) is 75.9 Å². The molecule has 1 atom stereocenters. The van der Waals surface area contributed by atoms with E-state index in [2.05, 4.69) is 0 Å². The minimum absolute atomic E-state index is 0.0897. The molecule has 0 aliphatic carbocycles. The van der Waals surface area contributed by atoms with E-state index in [4.69, 9.17) is 27.6 Å². The summed E-state index contributed by atoms with van der Waals surface area (Å²) in [6.07, 6.45) is 0. The molecule has 2 heterocycles. The van der Waals surface area contributed by atoms with Crippen molar-refractivity contribution in [2.75, 3.05) is 4.90 Å². The fourth-order valence-electron chi connectivity index (χ4n) is 3.93. The number of halogens is 2. The highest BCUT2D eigenvalue weighted by Crippen LogP contribution is 2.42. The molecule has 0 fully saturated rings. The van der Waals surface area contributed by atoms with Crippen LogP contribution >= 0.6 is 23.2 Å². The number of nitro groups is 1. The van der Waals surface area contributed by atoms with Crippen LogP contribution in [-0.2, 0) is 0 Å². The molecule has 32 heavy (non-hydrogen) atoms. The number of hydrogen-bond donors (Lipinski definition) is 0. The Morgan fingerprint density at radius 2 is 1.66 bits per heavy atom. The van der Waals surface area contributed by atoms with E-state index in [9.17, 15) is 19.7 Å². The van der Waals surface area contributed by atoms with Gasteiger partial charge in [-0.3, -0.25) is 24.6 Å². The van der Waals surface area contributed by atoms with Gasteiger partial charge in [0.05, 0.1) is 21.9 Å². The zero-order chi connectivity index (χ0) is 22.6. The van der Waals surface area contributed by atoms with Gasteiger partial charge in [-0.2, -0.15) is 0 Å². The number of anilines is 1. The molecule has 9 heteroatoms. The van der Waals surface area contributed by atoms with Crippen molar-refractivity contribution in [3.05, 3.63) is 114 Å². The molecule has 158 valence electrons. The van der Waals surface area contributed by atoms with Crippen molar-refractivity contribution < 1.29 is 14.1 Å². The number of nitrogens with zero attached hydrogens (tertiary/aromatic N) is 2. The maximum absolute atomic E-state index is 13.5. The van der Waals surface area contributed by atoms with Gasteiger partial charge in [-0.1, -0.05) is 29.3 Å². The lowest BCUT2D eigenvalue weighted by Gasteiger charge is -2.25. The van der Waals surface area contributed by atoms with Gasteiger partial charge in [0.15, 0.2) is 5.43 Å². The van der Waals surface area contributed by atoms with Crippen LogP contribution in [0.1, 0.15) is 27.7 Å². The molecule has 1 amide bonds. The Bertz CT molecular complexity index is 1480. The van der Waals surface area contributed by atoms with Gasteiger partial charge in [-0.25, -0.2) is 0 Å². The van der Waals surface area contributed by atoms with Gasteiger partial charge in [0.1, 0.15) is 5.58 Å². The van der Waals surface area contributed by atoms with Crippen molar-refractivity contribution in [1.29, 1.82) is 0 Å². The average Bonchev–Trinajstić information content (AvgIpc) is 3.07. The summed E-state index contributed by atoms with van der Waals surface area (Å²) in [4.78, 5) is 38.9. The monoisotopic (exact) mass is 466 g/mol. The third-order valence-corrected chi connectivity index (χ3v) is 5.81. The number of benzene rings is 3. The van der Waals surface area contributed by atoms with E-state index in [1.807, 2.05) is 0 Å². The zero-order valence-corrected chi connectivity index (χ0v) is 17.6. The highest BCUT2D eigenvalue weighted by atomic mass is 35.5. The molecular formula is C23H12Cl2N2O5. The van der Waals surface area contributed by atoms with E-state index in [0.29, 0.717) is 21.3 Å². The van der Waals surface area contributed by atoms with E-state index in [0.717, 1.165) is 0 Å². The van der Waals surface area contributed by atoms with E-state index in [-0.39, 0.29) is 28.0 Å². The first-order valence-electron chi connectivity index (χ1n) is 9.45. The lowest BCUT2D eigenvalue weighted by molar-refractivity contribution is -0.384. The Balaban J connectivity index is 1.80. The summed E-state index contributed by atoms with van der Waals surface area (Å²) in [5.74, 6) is -0.604. The summed E-state index contributed by atoms with van der Waals surface area (Å²) in [6.45, 7) is 0. The number of hydrogen-bond acceptors (Lipinski definition) is 5. The molecular weight excluding hydrogens is 455 g/mol. The van der Waals surface area contributed by atoms with E-state index in [1.165, 1.54) is 41.3 Å². The summed E-state index contributed by atoms with van der Waals surface area (Å²) < 4.78 is 5.86. The van der Waals surface area contributed by atoms with Gasteiger partial charge in [0.2, 0.25) is 5.76 Å². The standard InChI is InChI=1S/C23H12Cl2N2O5/c24-13-2-1-3-16(10-13)26-20(12-4-7-15(8-5-12)27(30)31)19-21(28)17-11-14(25)6-9-18(17)32-22(19)23(26)29/h1-11,20H. The highest BCUT2D eigenvalue weighted by molar-refractivity contribution is 6.31. The van der Waals surface area contributed by atoms with Crippen LogP contribution in [0.25, 0.3) is 11.0 Å². The van der Waals surface area contributed by atoms with Crippen LogP contribution in [0.5, 0.6) is 0 Å². The Kier molecular flexibility index (Phi) is 4.73. The van der Waals surface area contributed by atoms with Crippen molar-refractivity contribution in [2.24, 2.45) is 0 Å². The molecule has 3 aromatic carbocycles. The summed E-state index contributed by atoms with van der Waals surface area (Å²) in [5, 5.41) is 12.1. The predicted molar refractivity (Wildman–Crippen MR) is 121 cm³/mol. The first kappa shape index (κ1) is 20.2. The molecule has 5 rings (SSSR count). The fourth-order valence-corrected chi connectivity index (χ4v) is 4.29. The summed E-state index contributed by atoms with van der Waals surface area (Å²) in [7, 11) is 0. The van der Waals surface area contributed by atoms with E-state index >= 15 is 0 Å². The van der Waals surface area contributed by atoms with Crippen molar-refractivity contribution in [1.82, 2.24) is 0 Å². The van der Waals surface area contributed by atoms with Gasteiger partial charge in [-0.05, 0) is 54.1 Å². The minimum Gasteiger partial charge on any atom is -0.450 e. The quantitative estimate of drug-likeness (QED) is 0.282. The second-order valence-corrected chi connectivity index (χ2v) is 8.09. The number of nitro benzene ring substituents is 1. The normalized spacial score (nSPS) is 15.2. The van der Waals surface area contributed by atoms with Gasteiger partial charge >= 0.3 is 0 Å². The molecule has 1 unspecified atom stereocenters. The lowest BCUT2D eigenvalue weighted by atomic mass is 9.98. The third-order valence-electron chi connectivity index (χ3n) is 5.34. The lowest BCUT2D eigenvalue weighted by Crippen LogP contribution is -2.29. The van der Waals surface area contributed by atoms with Gasteiger partial charge < -0.3 is 4.42 Å². The fraction of sp³-hybridized carbons (Fsp3) is 0.0435. The summed E-state index contributed by atoms with van der Waals surface area (Å²) in [6, 6.07) is 16.1. The highest BCUT2D eigenvalue weighted by Gasteiger charge is 2.43. The Hall–Kier alpha value is -3.68. The smallest absolute Gasteiger partial charge is 0.295 e. The molecule has 1 aliphatic heterocycles. The first-order chi connectivity index (χ1) is 15.3. The molecule has 7 nitrogen and oxygen atoms in total. The van der Waals surface area contributed by atoms with Crippen molar-refractivity contribution in [3.8, 4) is 0 Å². The number of rotatable bonds is 3. The van der Waals surface area contributed by atoms with Gasteiger partial charge in [-0.15, -0.1) is 0 Å². The summed E-state index contributed by atoms with van der Waals surface area (Å²) >= 11 is 12.2. The molecule has 0 radical (unpaired) electrons. The van der Waals surface area contributed by atoms with Gasteiger partial charge in [0, 0.05) is 27.9 Å². The number of non-ortho nitro benzene ring substituents is 1. The van der Waals surface area contributed by atoms with Crippen LogP contribution in [0, 0.1) is 10.1 Å². The van der Waals surface area contributed by atoms with Gasteiger partial charge in [0.25, 0.3) is 11.6 Å². The summed E-state index contributed by atoms with van der Waals surface area (Å²) in [5.41, 5.74) is 0.838. The van der Waals surface area contributed by atoms with E-state index < -0.39 is 22.3 Å². The van der Waals surface area contributed by atoms with E-state index in [1.54, 1.807) is 30.3 Å². The molecule has 0 saturated carbocycles. The maximum Gasteiger partial charge on any atom is 0.295 e. The minimum atomic E-state index is -0.864. The maximum atomic E-state index is 13.5. The molecule has 0 saturated heterocycles. The largest absolute Gasteiger partial charge is 0.450 e. The van der Waals surface area contributed by atoms with Crippen LogP contribution in [-0.4, -0.2) is 10.8 Å². The number of carbonyl (C=O) groups excluding carboxylic acids is 1. The predicted octanol–water partition coefficient (Wildman–Crippen LogP) is 5.76. The zero-order valence-electron chi connectivity index (χ0n) is 16.1. The molecule has 1 aliphatic rings. The van der Waals surface area contributed by atoms with Crippen molar-refractivity contribution in [2.45, 2.75) is 6.04 Å². The second-order valence-electron chi connectivity index (χ2n) is 7.22. The Labute approximate surface area is 190 Å². The van der Waals surface area contributed by atoms with Crippen LogP contribution in [0.4, 0.5) is 11.4 Å². The number of fused-ring (bicyclic) bond motifs is 2. The molecule has 0 N–H and O–H groups in total. The van der Waals surface area contributed by atoms with Crippen LogP contribution < -0.4 is 10.3 Å². The van der Waals surface area contributed by atoms with Crippen LogP contribution in [0.3, 0.4) is 0 Å².